The van der Waals surface area contributed by atoms with Gasteiger partial charge in [-0.15, -0.1) is 11.3 Å². The highest BCUT2D eigenvalue weighted by atomic mass is 35.5. The van der Waals surface area contributed by atoms with Crippen molar-refractivity contribution >= 4 is 58.0 Å². The maximum Gasteiger partial charge on any atom is 0.230 e. The van der Waals surface area contributed by atoms with Gasteiger partial charge < -0.3 is 16.3 Å². The normalized spacial score (nSPS) is 20.3. The summed E-state index contributed by atoms with van der Waals surface area (Å²) in [5.74, 6) is 0.238. The zero-order valence-electron chi connectivity index (χ0n) is 19.2. The van der Waals surface area contributed by atoms with Gasteiger partial charge in [0.25, 0.3) is 0 Å². The van der Waals surface area contributed by atoms with Crippen LogP contribution in [0.5, 0.6) is 0 Å². The van der Waals surface area contributed by atoms with Crippen molar-refractivity contribution in [2.45, 2.75) is 29.8 Å². The number of piperidine rings is 1. The number of nitrogens with one attached hydrogen (secondary N) is 1. The fourth-order valence-electron chi connectivity index (χ4n) is 4.08. The third-order valence-corrected chi connectivity index (χ3v) is 8.75. The summed E-state index contributed by atoms with van der Waals surface area (Å²) in [5.41, 5.74) is 8.81. The molecule has 4 rings (SSSR count). The summed E-state index contributed by atoms with van der Waals surface area (Å²) < 4.78 is 0.698. The molecule has 1 fully saturated rings. The van der Waals surface area contributed by atoms with E-state index in [2.05, 4.69) is 15.5 Å². The fourth-order valence-corrected chi connectivity index (χ4v) is 6.04. The first-order valence-electron chi connectivity index (χ1n) is 11.2. The van der Waals surface area contributed by atoms with Gasteiger partial charge in [-0.3, -0.25) is 4.79 Å². The molecule has 0 radical (unpaired) electrons. The second-order valence-electron chi connectivity index (χ2n) is 8.64. The Hall–Kier alpha value is -2.34. The van der Waals surface area contributed by atoms with Gasteiger partial charge in [-0.1, -0.05) is 64.4 Å². The molecule has 1 aliphatic rings. The Balaban J connectivity index is 1.24. The summed E-state index contributed by atoms with van der Waals surface area (Å²) in [6, 6.07) is 12.7. The summed E-state index contributed by atoms with van der Waals surface area (Å²) >= 11 is 14.9. The van der Waals surface area contributed by atoms with Crippen molar-refractivity contribution in [3.63, 3.8) is 0 Å². The Kier molecular flexibility index (Phi) is 8.76. The van der Waals surface area contributed by atoms with Gasteiger partial charge >= 0.3 is 0 Å². The molecule has 12 heteroatoms. The number of thioether (sulfide) groups is 1. The number of benzene rings is 2. The van der Waals surface area contributed by atoms with E-state index in [0.29, 0.717) is 48.1 Å². The van der Waals surface area contributed by atoms with Gasteiger partial charge in [0.15, 0.2) is 10.2 Å². The number of hydroxylamine groups is 3. The Labute approximate surface area is 227 Å². The number of hydrogen-bond donors (Lipinski definition) is 4. The average molecular weight is 568 g/mol. The molecule has 2 aromatic carbocycles. The molecule has 1 aromatic heterocycles. The van der Waals surface area contributed by atoms with E-state index >= 15 is 0 Å². The first-order valence-corrected chi connectivity index (χ1v) is 13.9. The molecule has 0 bridgehead atoms. The lowest BCUT2D eigenvalue weighted by Crippen LogP contribution is -2.54. The third kappa shape index (κ3) is 6.90. The van der Waals surface area contributed by atoms with Gasteiger partial charge in [0, 0.05) is 41.0 Å². The first-order chi connectivity index (χ1) is 17.2. The number of nitrogens with zero attached hydrogens (tertiary/aromatic N) is 3. The Morgan fingerprint density at radius 1 is 1.22 bits per heavy atom. The molecular formula is C24H26Cl2N5O3S2+. The van der Waals surface area contributed by atoms with Crippen molar-refractivity contribution in [1.29, 1.82) is 0 Å². The first kappa shape index (κ1) is 26.7. The minimum absolute atomic E-state index is 0.0264. The second kappa shape index (κ2) is 11.8. The minimum Gasteiger partial charge on any atom is -0.409 e. The maximum atomic E-state index is 12.5. The van der Waals surface area contributed by atoms with Crippen molar-refractivity contribution in [2.75, 3.05) is 18.8 Å². The van der Waals surface area contributed by atoms with E-state index in [0.717, 1.165) is 21.2 Å². The molecule has 1 saturated heterocycles. The van der Waals surface area contributed by atoms with Gasteiger partial charge in [0.05, 0.1) is 21.5 Å². The standard InChI is InChI=1S/C24H25Cl2N5O3S2/c25-19-5-4-15(10-20(19)26)12-31(34)8-6-18(7-9-31)28-22(32)14-36-24-29-21(13-35-24)16-2-1-3-17(11-16)23(27)30-33/h1-5,10-11,13,18,34H,6-9,12,14H2,(H3-,27,28,30,32,33)/p+1. The van der Waals surface area contributed by atoms with E-state index in [4.69, 9.17) is 34.1 Å². The van der Waals surface area contributed by atoms with Crippen molar-refractivity contribution in [2.24, 2.45) is 10.9 Å². The van der Waals surface area contributed by atoms with Gasteiger partial charge in [-0.05, 0) is 18.2 Å². The van der Waals surface area contributed by atoms with Crippen LogP contribution in [0.4, 0.5) is 0 Å². The largest absolute Gasteiger partial charge is 0.409 e. The monoisotopic (exact) mass is 566 g/mol. The number of likely N-dealkylation sites (tertiary alicyclic amines) is 1. The second-order valence-corrected chi connectivity index (χ2v) is 11.5. The predicted molar refractivity (Wildman–Crippen MR) is 144 cm³/mol. The third-order valence-electron chi connectivity index (χ3n) is 5.99. The molecule has 3 aromatic rings. The fraction of sp³-hybridized carbons (Fsp3) is 0.292. The minimum atomic E-state index is -0.0853. The number of carbonyl (C=O) groups is 1. The highest BCUT2D eigenvalue weighted by molar-refractivity contribution is 8.01. The molecule has 8 nitrogen and oxygen atoms in total. The quantitative estimate of drug-likeness (QED) is 0.0761. The molecule has 190 valence electrons. The SMILES string of the molecule is N/C(=N/O)c1cccc(-c2csc(SCC(=O)NC3CC[N+](O)(Cc4ccc(Cl)c(Cl)c4)CC3)n2)c1. The summed E-state index contributed by atoms with van der Waals surface area (Å²) in [6.45, 7) is 1.53. The molecule has 1 amide bonds. The molecule has 0 atom stereocenters. The highest BCUT2D eigenvalue weighted by Gasteiger charge is 2.34. The van der Waals surface area contributed by atoms with E-state index in [1.54, 1.807) is 24.3 Å². The van der Waals surface area contributed by atoms with E-state index in [-0.39, 0.29) is 28.2 Å². The van der Waals surface area contributed by atoms with Crippen LogP contribution < -0.4 is 11.1 Å². The molecule has 2 heterocycles. The molecule has 0 spiro atoms. The van der Waals surface area contributed by atoms with Gasteiger partial charge in [0.1, 0.15) is 19.6 Å². The van der Waals surface area contributed by atoms with E-state index in [1.165, 1.54) is 23.1 Å². The summed E-state index contributed by atoms with van der Waals surface area (Å²) in [4.78, 5) is 17.1. The highest BCUT2D eigenvalue weighted by Crippen LogP contribution is 2.29. The van der Waals surface area contributed by atoms with Crippen LogP contribution in [0.3, 0.4) is 0 Å². The van der Waals surface area contributed by atoms with Crippen LogP contribution in [0.15, 0.2) is 57.3 Å². The van der Waals surface area contributed by atoms with Crippen molar-refractivity contribution in [1.82, 2.24) is 10.3 Å². The van der Waals surface area contributed by atoms with Gasteiger partial charge in [-0.25, -0.2) is 10.2 Å². The Morgan fingerprint density at radius 3 is 2.72 bits per heavy atom. The molecular weight excluding hydrogens is 541 g/mol. The summed E-state index contributed by atoms with van der Waals surface area (Å²) in [7, 11) is 0. The van der Waals surface area contributed by atoms with Gasteiger partial charge in [-0.2, -0.15) is 4.65 Å². The zero-order valence-corrected chi connectivity index (χ0v) is 22.4. The molecule has 0 unspecified atom stereocenters. The number of rotatable bonds is 8. The van der Waals surface area contributed by atoms with Crippen molar-refractivity contribution in [3.05, 3.63) is 69.0 Å². The topological polar surface area (TPSA) is 121 Å². The number of hydrogen-bond acceptors (Lipinski definition) is 7. The summed E-state index contributed by atoms with van der Waals surface area (Å²) in [5, 5.41) is 28.8. The molecule has 0 saturated carbocycles. The Morgan fingerprint density at radius 2 is 2.00 bits per heavy atom. The van der Waals surface area contributed by atoms with E-state index < -0.39 is 0 Å². The predicted octanol–water partition coefficient (Wildman–Crippen LogP) is 4.99. The molecule has 36 heavy (non-hydrogen) atoms. The molecule has 0 aliphatic carbocycles. The molecule has 1 aliphatic heterocycles. The maximum absolute atomic E-state index is 12.5. The van der Waals surface area contributed by atoms with Crippen LogP contribution in [0.25, 0.3) is 11.3 Å². The lowest BCUT2D eigenvalue weighted by molar-refractivity contribution is -1.12. The molecule has 5 N–H and O–H groups in total. The number of oxime groups is 1. The van der Waals surface area contributed by atoms with Crippen LogP contribution in [0, 0.1) is 0 Å². The number of halogens is 2. The van der Waals surface area contributed by atoms with Gasteiger partial charge in [0.2, 0.25) is 5.91 Å². The van der Waals surface area contributed by atoms with Crippen LogP contribution in [0.2, 0.25) is 10.0 Å². The lowest BCUT2D eigenvalue weighted by Gasteiger charge is -2.37. The van der Waals surface area contributed by atoms with Crippen LogP contribution in [-0.4, -0.2) is 56.7 Å². The zero-order chi connectivity index (χ0) is 25.7. The van der Waals surface area contributed by atoms with Crippen LogP contribution >= 0.6 is 46.3 Å². The Bertz CT molecular complexity index is 1260. The number of amides is 1. The number of nitrogens with two attached hydrogens (primary N) is 1. The number of aromatic nitrogens is 1. The smallest absolute Gasteiger partial charge is 0.230 e. The number of quaternary nitrogens is 1. The average Bonchev–Trinajstić information content (AvgIpc) is 3.35. The number of carbonyl (C=O) groups excluding carboxylic acids is 1. The van der Waals surface area contributed by atoms with Crippen molar-refractivity contribution < 1.29 is 19.9 Å². The number of thiazole rings is 1. The van der Waals surface area contributed by atoms with E-state index in [1.807, 2.05) is 23.6 Å². The van der Waals surface area contributed by atoms with Crippen LogP contribution in [-0.2, 0) is 11.3 Å². The lowest BCUT2D eigenvalue weighted by atomic mass is 10.0. The van der Waals surface area contributed by atoms with Crippen LogP contribution in [0.1, 0.15) is 24.0 Å². The van der Waals surface area contributed by atoms with E-state index in [9.17, 15) is 10.0 Å². The number of amidine groups is 1. The van der Waals surface area contributed by atoms with Crippen molar-refractivity contribution in [3.8, 4) is 11.3 Å². The summed E-state index contributed by atoms with van der Waals surface area (Å²) in [6.07, 6.45) is 1.37.